The average molecular weight is 521 g/mol. The van der Waals surface area contributed by atoms with E-state index in [1.54, 1.807) is 19.1 Å². The highest BCUT2D eigenvalue weighted by Crippen LogP contribution is 2.43. The number of carbonyl (C=O) groups is 1. The SMILES string of the molecule is CC(=O)NCC1(c2cccc(F)c2)CCN(CCC(c2ccccc2)(c2ccccc2)c2ccccc2)CC1. The third kappa shape index (κ3) is 5.81. The molecule has 1 aliphatic heterocycles. The number of carbonyl (C=O) groups excluding carboxylic acids is 1. The lowest BCUT2D eigenvalue weighted by Gasteiger charge is -2.44. The van der Waals surface area contributed by atoms with Gasteiger partial charge in [-0.05, 0) is 73.3 Å². The van der Waals surface area contributed by atoms with Gasteiger partial charge in [-0.1, -0.05) is 103 Å². The second-order valence-electron chi connectivity index (χ2n) is 10.8. The minimum Gasteiger partial charge on any atom is -0.355 e. The van der Waals surface area contributed by atoms with Crippen molar-refractivity contribution in [1.29, 1.82) is 0 Å². The van der Waals surface area contributed by atoms with Crippen LogP contribution >= 0.6 is 0 Å². The summed E-state index contributed by atoms with van der Waals surface area (Å²) in [5, 5.41) is 3.03. The van der Waals surface area contributed by atoms with Crippen molar-refractivity contribution in [3.63, 3.8) is 0 Å². The maximum absolute atomic E-state index is 14.2. The standard InChI is InChI=1S/C35H37FN2O/c1-28(39)37-27-34(32-18-11-19-33(36)26-32)20-23-38(24-21-34)25-22-35(29-12-5-2-6-13-29,30-14-7-3-8-15-30)31-16-9-4-10-17-31/h2-19,26H,20-25,27H2,1H3,(H,37,39). The number of benzene rings is 4. The molecule has 3 nitrogen and oxygen atoms in total. The molecular weight excluding hydrogens is 483 g/mol. The highest BCUT2D eigenvalue weighted by Gasteiger charge is 2.39. The van der Waals surface area contributed by atoms with Gasteiger partial charge in [0.1, 0.15) is 5.82 Å². The summed E-state index contributed by atoms with van der Waals surface area (Å²) < 4.78 is 14.2. The zero-order chi connectivity index (χ0) is 27.1. The monoisotopic (exact) mass is 520 g/mol. The number of hydrogen-bond donors (Lipinski definition) is 1. The Kier molecular flexibility index (Phi) is 8.23. The molecular formula is C35H37FN2O. The lowest BCUT2D eigenvalue weighted by atomic mass is 9.67. The third-order valence-corrected chi connectivity index (χ3v) is 8.53. The predicted molar refractivity (Wildman–Crippen MR) is 156 cm³/mol. The summed E-state index contributed by atoms with van der Waals surface area (Å²) in [6.07, 6.45) is 2.67. The van der Waals surface area contributed by atoms with Crippen molar-refractivity contribution in [2.45, 2.75) is 37.0 Å². The van der Waals surface area contributed by atoms with Gasteiger partial charge >= 0.3 is 0 Å². The summed E-state index contributed by atoms with van der Waals surface area (Å²) in [5.74, 6) is -0.276. The summed E-state index contributed by atoms with van der Waals surface area (Å²) in [4.78, 5) is 14.3. The van der Waals surface area contributed by atoms with Crippen LogP contribution in [0.4, 0.5) is 4.39 Å². The summed E-state index contributed by atoms with van der Waals surface area (Å²) >= 11 is 0. The number of nitrogens with one attached hydrogen (secondary N) is 1. The molecule has 0 aromatic heterocycles. The van der Waals surface area contributed by atoms with Crippen LogP contribution < -0.4 is 5.32 Å². The first-order valence-electron chi connectivity index (χ1n) is 13.9. The van der Waals surface area contributed by atoms with Crippen LogP contribution in [0.3, 0.4) is 0 Å². The van der Waals surface area contributed by atoms with E-state index in [1.807, 2.05) is 6.07 Å². The Balaban J connectivity index is 1.42. The Bertz CT molecular complexity index is 1250. The van der Waals surface area contributed by atoms with E-state index in [9.17, 15) is 9.18 Å². The number of rotatable bonds is 9. The van der Waals surface area contributed by atoms with E-state index in [4.69, 9.17) is 0 Å². The molecule has 0 radical (unpaired) electrons. The first-order chi connectivity index (χ1) is 19.0. The number of amides is 1. The number of nitrogens with zero attached hydrogens (tertiary/aromatic N) is 1. The second kappa shape index (κ2) is 12.0. The minimum atomic E-state index is -0.281. The van der Waals surface area contributed by atoms with Gasteiger partial charge in [0.15, 0.2) is 0 Å². The zero-order valence-electron chi connectivity index (χ0n) is 22.7. The fourth-order valence-electron chi connectivity index (χ4n) is 6.31. The number of hydrogen-bond acceptors (Lipinski definition) is 2. The number of halogens is 1. The van der Waals surface area contributed by atoms with E-state index in [2.05, 4.69) is 101 Å². The first kappa shape index (κ1) is 26.8. The smallest absolute Gasteiger partial charge is 0.216 e. The molecule has 0 bridgehead atoms. The van der Waals surface area contributed by atoms with Crippen molar-refractivity contribution < 1.29 is 9.18 Å². The van der Waals surface area contributed by atoms with E-state index in [0.29, 0.717) is 6.54 Å². The van der Waals surface area contributed by atoms with Crippen LogP contribution in [0.1, 0.15) is 48.4 Å². The van der Waals surface area contributed by atoms with Crippen molar-refractivity contribution in [1.82, 2.24) is 10.2 Å². The van der Waals surface area contributed by atoms with Gasteiger partial charge in [-0.15, -0.1) is 0 Å². The average Bonchev–Trinajstić information content (AvgIpc) is 2.99. The topological polar surface area (TPSA) is 32.3 Å². The van der Waals surface area contributed by atoms with Crippen LogP contribution in [0.2, 0.25) is 0 Å². The molecule has 1 fully saturated rings. The van der Waals surface area contributed by atoms with Gasteiger partial charge in [-0.25, -0.2) is 4.39 Å². The molecule has 5 rings (SSSR count). The molecule has 0 aliphatic carbocycles. The van der Waals surface area contributed by atoms with E-state index < -0.39 is 0 Å². The zero-order valence-corrected chi connectivity index (χ0v) is 22.7. The van der Waals surface area contributed by atoms with Gasteiger partial charge in [0.25, 0.3) is 0 Å². The van der Waals surface area contributed by atoms with Crippen LogP contribution in [0.25, 0.3) is 0 Å². The normalized spacial score (nSPS) is 15.5. The fraction of sp³-hybridized carbons (Fsp3) is 0.286. The maximum Gasteiger partial charge on any atom is 0.216 e. The molecule has 0 spiro atoms. The maximum atomic E-state index is 14.2. The van der Waals surface area contributed by atoms with E-state index in [0.717, 1.165) is 44.5 Å². The summed E-state index contributed by atoms with van der Waals surface area (Å²) in [7, 11) is 0. The van der Waals surface area contributed by atoms with Crippen LogP contribution in [-0.2, 0) is 15.6 Å². The molecule has 1 N–H and O–H groups in total. The summed E-state index contributed by atoms with van der Waals surface area (Å²) in [6.45, 7) is 4.79. The summed E-state index contributed by atoms with van der Waals surface area (Å²) in [5.41, 5.74) is 4.30. The van der Waals surface area contributed by atoms with Crippen molar-refractivity contribution >= 4 is 5.91 Å². The lowest BCUT2D eigenvalue weighted by molar-refractivity contribution is -0.119. The highest BCUT2D eigenvalue weighted by atomic mass is 19.1. The molecule has 4 aromatic rings. The largest absolute Gasteiger partial charge is 0.355 e. The molecule has 0 saturated carbocycles. The van der Waals surface area contributed by atoms with Gasteiger partial charge in [0, 0.05) is 24.3 Å². The molecule has 1 heterocycles. The minimum absolute atomic E-state index is 0.0495. The molecule has 0 atom stereocenters. The van der Waals surface area contributed by atoms with Crippen molar-refractivity contribution in [3.05, 3.63) is 143 Å². The second-order valence-corrected chi connectivity index (χ2v) is 10.8. The molecule has 4 aromatic carbocycles. The Labute approximate surface area is 231 Å². The van der Waals surface area contributed by atoms with Crippen LogP contribution in [0.15, 0.2) is 115 Å². The predicted octanol–water partition coefficient (Wildman–Crippen LogP) is 6.72. The Morgan fingerprint density at radius 2 is 1.31 bits per heavy atom. The molecule has 1 aliphatic rings. The van der Waals surface area contributed by atoms with Crippen molar-refractivity contribution in [3.8, 4) is 0 Å². The Morgan fingerprint density at radius 3 is 1.77 bits per heavy atom. The van der Waals surface area contributed by atoms with E-state index in [1.165, 1.54) is 22.8 Å². The lowest BCUT2D eigenvalue weighted by Crippen LogP contribution is -2.49. The molecule has 1 saturated heterocycles. The van der Waals surface area contributed by atoms with Crippen LogP contribution in [0, 0.1) is 5.82 Å². The van der Waals surface area contributed by atoms with Gasteiger partial charge in [-0.3, -0.25) is 4.79 Å². The third-order valence-electron chi connectivity index (χ3n) is 8.53. The number of piperidine rings is 1. The van der Waals surface area contributed by atoms with Gasteiger partial charge in [0.05, 0.1) is 0 Å². The van der Waals surface area contributed by atoms with Gasteiger partial charge < -0.3 is 10.2 Å². The summed E-state index contributed by atoms with van der Waals surface area (Å²) in [6, 6.07) is 39.4. The quantitative estimate of drug-likeness (QED) is 0.249. The first-order valence-corrected chi connectivity index (χ1v) is 13.9. The molecule has 1 amide bonds. The Morgan fingerprint density at radius 1 is 0.795 bits per heavy atom. The van der Waals surface area contributed by atoms with Gasteiger partial charge in [0.2, 0.25) is 5.91 Å². The number of likely N-dealkylation sites (tertiary alicyclic amines) is 1. The molecule has 200 valence electrons. The molecule has 0 unspecified atom stereocenters. The van der Waals surface area contributed by atoms with Crippen LogP contribution in [-0.4, -0.2) is 37.0 Å². The van der Waals surface area contributed by atoms with Crippen molar-refractivity contribution in [2.75, 3.05) is 26.2 Å². The van der Waals surface area contributed by atoms with E-state index >= 15 is 0 Å². The van der Waals surface area contributed by atoms with Crippen molar-refractivity contribution in [2.24, 2.45) is 0 Å². The highest BCUT2D eigenvalue weighted by molar-refractivity contribution is 5.73. The van der Waals surface area contributed by atoms with E-state index in [-0.39, 0.29) is 22.6 Å². The van der Waals surface area contributed by atoms with Gasteiger partial charge in [-0.2, -0.15) is 0 Å². The Hall–Kier alpha value is -3.76. The molecule has 39 heavy (non-hydrogen) atoms. The van der Waals surface area contributed by atoms with Crippen LogP contribution in [0.5, 0.6) is 0 Å². The molecule has 4 heteroatoms. The fourth-order valence-corrected chi connectivity index (χ4v) is 6.31.